The summed E-state index contributed by atoms with van der Waals surface area (Å²) in [5, 5.41) is 27.2. The number of carbonyl (C=O) groups excluding carboxylic acids is 2. The number of halogens is 6. The van der Waals surface area contributed by atoms with Crippen molar-refractivity contribution in [2.75, 3.05) is 0 Å². The second kappa shape index (κ2) is 15.0. The summed E-state index contributed by atoms with van der Waals surface area (Å²) in [6.07, 6.45) is 2.56. The third kappa shape index (κ3) is 7.28. The van der Waals surface area contributed by atoms with E-state index in [0.29, 0.717) is 32.0 Å². The lowest BCUT2D eigenvalue weighted by atomic mass is 10.2. The van der Waals surface area contributed by atoms with Crippen LogP contribution < -0.4 is 0 Å². The molecule has 230 valence electrons. The molecule has 0 radical (unpaired) electrons. The summed E-state index contributed by atoms with van der Waals surface area (Å²) < 4.78 is 0. The van der Waals surface area contributed by atoms with E-state index in [9.17, 15) is 9.59 Å². The molecule has 4 aromatic carbocycles. The van der Waals surface area contributed by atoms with Gasteiger partial charge in [0, 0.05) is 5.56 Å². The maximum Gasteiger partial charge on any atom is 0.298 e. The second-order valence-corrected chi connectivity index (χ2v) is 11.4. The van der Waals surface area contributed by atoms with E-state index in [1.807, 2.05) is 12.1 Å². The van der Waals surface area contributed by atoms with Gasteiger partial charge in [-0.3, -0.25) is 9.59 Å². The molecule has 0 saturated heterocycles. The van der Waals surface area contributed by atoms with Crippen LogP contribution in [0.3, 0.4) is 0 Å². The summed E-state index contributed by atoms with van der Waals surface area (Å²) in [5.74, 6) is -0.657. The predicted octanol–water partition coefficient (Wildman–Crippen LogP) is 9.56. The van der Waals surface area contributed by atoms with Crippen molar-refractivity contribution >= 4 is 81.4 Å². The Morgan fingerprint density at radius 3 is 1.67 bits per heavy atom. The van der Waals surface area contributed by atoms with Crippen LogP contribution in [0, 0.1) is 0 Å². The molecule has 1 aromatic heterocycles. The fraction of sp³-hybridized carbons (Fsp3) is 0. The van der Waals surface area contributed by atoms with Crippen molar-refractivity contribution < 1.29 is 9.59 Å². The lowest BCUT2D eigenvalue weighted by molar-refractivity contribution is 0.0115. The standard InChI is InChI=1S/C16H9Cl3N4O2.C14H7Cl3N4/c17-11-5-2-1-4-10(11)15(24)22-9-8-20-21-23(22)16(25)14-12(18)6-3-7-13(14)19;15-9-5-2-1-4-8(9)13-18-20-14(21-19-13)12-10(16)6-3-7-11(12)17/h1-9H;1-7H. The van der Waals surface area contributed by atoms with Crippen molar-refractivity contribution in [1.29, 1.82) is 0 Å². The van der Waals surface area contributed by atoms with E-state index in [0.717, 1.165) is 10.1 Å². The Morgan fingerprint density at radius 2 is 1.07 bits per heavy atom. The Kier molecular flexibility index (Phi) is 10.8. The molecule has 16 heteroatoms. The molecule has 2 amide bonds. The Bertz CT molecular complexity index is 1950. The van der Waals surface area contributed by atoms with Gasteiger partial charge in [0.25, 0.3) is 11.8 Å². The van der Waals surface area contributed by atoms with Gasteiger partial charge in [-0.05, 0) is 53.8 Å². The third-order valence-electron chi connectivity index (χ3n) is 6.07. The number of hydrogen-bond donors (Lipinski definition) is 0. The quantitative estimate of drug-likeness (QED) is 0.182. The summed E-state index contributed by atoms with van der Waals surface area (Å²) in [6.45, 7) is 0. The molecule has 0 spiro atoms. The molecule has 5 aromatic rings. The second-order valence-electron chi connectivity index (χ2n) is 8.95. The van der Waals surface area contributed by atoms with Crippen molar-refractivity contribution in [2.45, 2.75) is 0 Å². The number of carbonyl (C=O) groups is 2. The molecular weight excluding hydrogens is 717 g/mol. The molecular formula is C30H16Cl6N8O2. The van der Waals surface area contributed by atoms with Gasteiger partial charge in [0.05, 0.1) is 59.2 Å². The number of hydrazine groups is 1. The lowest BCUT2D eigenvalue weighted by Gasteiger charge is -2.28. The monoisotopic (exact) mass is 730 g/mol. The van der Waals surface area contributed by atoms with Crippen LogP contribution in [-0.4, -0.2) is 42.3 Å². The van der Waals surface area contributed by atoms with Crippen LogP contribution in [0.15, 0.2) is 108 Å². The lowest BCUT2D eigenvalue weighted by Crippen LogP contribution is -2.44. The summed E-state index contributed by atoms with van der Waals surface area (Å²) in [6, 6.07) is 23.4. The Morgan fingerprint density at radius 1 is 0.543 bits per heavy atom. The maximum absolute atomic E-state index is 12.8. The summed E-state index contributed by atoms with van der Waals surface area (Å²) in [7, 11) is 0. The highest BCUT2D eigenvalue weighted by atomic mass is 35.5. The van der Waals surface area contributed by atoms with Gasteiger partial charge in [0.1, 0.15) is 0 Å². The molecule has 0 saturated carbocycles. The fourth-order valence-electron chi connectivity index (χ4n) is 3.92. The molecule has 2 heterocycles. The van der Waals surface area contributed by atoms with E-state index in [2.05, 4.69) is 30.7 Å². The smallest absolute Gasteiger partial charge is 0.267 e. The SMILES string of the molecule is Clc1ccccc1-c1nnc(-c2c(Cl)cccc2Cl)nn1.O=C(c1ccccc1Cl)N1C=CN=NN1C(=O)c1c(Cl)cccc1Cl. The van der Waals surface area contributed by atoms with Crippen LogP contribution in [0.1, 0.15) is 20.7 Å². The molecule has 6 rings (SSSR count). The zero-order valence-electron chi connectivity index (χ0n) is 22.9. The maximum atomic E-state index is 12.8. The van der Waals surface area contributed by atoms with Gasteiger partial charge in [-0.15, -0.1) is 30.6 Å². The van der Waals surface area contributed by atoms with Crippen LogP contribution >= 0.6 is 69.6 Å². The molecule has 0 fully saturated rings. The highest BCUT2D eigenvalue weighted by Crippen LogP contribution is 2.32. The zero-order valence-corrected chi connectivity index (χ0v) is 27.4. The van der Waals surface area contributed by atoms with E-state index < -0.39 is 11.8 Å². The molecule has 0 atom stereocenters. The molecule has 1 aliphatic rings. The van der Waals surface area contributed by atoms with E-state index in [-0.39, 0.29) is 32.0 Å². The molecule has 46 heavy (non-hydrogen) atoms. The van der Waals surface area contributed by atoms with Crippen LogP contribution in [-0.2, 0) is 0 Å². The van der Waals surface area contributed by atoms with Gasteiger partial charge < -0.3 is 0 Å². The van der Waals surface area contributed by atoms with Crippen LogP contribution in [0.5, 0.6) is 0 Å². The van der Waals surface area contributed by atoms with Gasteiger partial charge in [-0.1, -0.05) is 106 Å². The molecule has 0 bridgehead atoms. The van der Waals surface area contributed by atoms with Crippen LogP contribution in [0.25, 0.3) is 22.8 Å². The van der Waals surface area contributed by atoms with Crippen molar-refractivity contribution in [3.05, 3.63) is 139 Å². The normalized spacial score (nSPS) is 12.0. The van der Waals surface area contributed by atoms with Gasteiger partial charge in [0.15, 0.2) is 0 Å². The Hall–Kier alpha value is -4.16. The van der Waals surface area contributed by atoms with Gasteiger partial charge in [-0.25, -0.2) is 0 Å². The molecule has 1 aliphatic heterocycles. The van der Waals surface area contributed by atoms with Gasteiger partial charge >= 0.3 is 0 Å². The number of rotatable bonds is 4. The zero-order chi connectivity index (χ0) is 32.8. The summed E-state index contributed by atoms with van der Waals surface area (Å²) >= 11 is 36.5. The Balaban J connectivity index is 0.000000184. The first-order valence-corrected chi connectivity index (χ1v) is 15.1. The summed E-state index contributed by atoms with van der Waals surface area (Å²) in [5.41, 5.74) is 1.38. The number of hydrogen-bond acceptors (Lipinski definition) is 8. The first-order valence-electron chi connectivity index (χ1n) is 12.9. The Labute approximate surface area is 291 Å². The number of nitrogens with zero attached hydrogens (tertiary/aromatic N) is 8. The minimum Gasteiger partial charge on any atom is -0.267 e. The topological polar surface area (TPSA) is 117 Å². The van der Waals surface area contributed by atoms with Crippen LogP contribution in [0.2, 0.25) is 30.1 Å². The highest BCUT2D eigenvalue weighted by molar-refractivity contribution is 6.40. The minimum atomic E-state index is -0.705. The average molecular weight is 733 g/mol. The first-order chi connectivity index (χ1) is 22.2. The summed E-state index contributed by atoms with van der Waals surface area (Å²) in [4.78, 5) is 25.6. The number of aromatic nitrogens is 4. The fourth-order valence-corrected chi connectivity index (χ4v) is 5.48. The average Bonchev–Trinajstić information content (AvgIpc) is 3.05. The predicted molar refractivity (Wildman–Crippen MR) is 178 cm³/mol. The minimum absolute atomic E-state index is 0.0111. The van der Waals surface area contributed by atoms with Crippen molar-refractivity contribution in [2.24, 2.45) is 10.3 Å². The third-order valence-corrected chi connectivity index (χ3v) is 7.98. The number of benzene rings is 4. The van der Waals surface area contributed by atoms with E-state index in [1.54, 1.807) is 54.6 Å². The highest BCUT2D eigenvalue weighted by Gasteiger charge is 2.31. The molecule has 0 N–H and O–H groups in total. The van der Waals surface area contributed by atoms with Crippen molar-refractivity contribution in [3.63, 3.8) is 0 Å². The van der Waals surface area contributed by atoms with E-state index in [1.165, 1.54) is 30.6 Å². The van der Waals surface area contributed by atoms with E-state index >= 15 is 0 Å². The molecule has 10 nitrogen and oxygen atoms in total. The van der Waals surface area contributed by atoms with Crippen LogP contribution in [0.4, 0.5) is 0 Å². The molecule has 0 unspecified atom stereocenters. The van der Waals surface area contributed by atoms with E-state index in [4.69, 9.17) is 69.6 Å². The van der Waals surface area contributed by atoms with Gasteiger partial charge in [-0.2, -0.15) is 5.01 Å². The number of amides is 2. The van der Waals surface area contributed by atoms with Crippen molar-refractivity contribution in [1.82, 2.24) is 30.5 Å². The van der Waals surface area contributed by atoms with Gasteiger partial charge in [0.2, 0.25) is 11.6 Å². The first kappa shape index (κ1) is 33.2. The largest absolute Gasteiger partial charge is 0.298 e. The van der Waals surface area contributed by atoms with Crippen molar-refractivity contribution in [3.8, 4) is 22.8 Å². The molecule has 0 aliphatic carbocycles.